The van der Waals surface area contributed by atoms with Crippen LogP contribution in [0.5, 0.6) is 5.75 Å². The summed E-state index contributed by atoms with van der Waals surface area (Å²) in [6.45, 7) is 3.48. The minimum Gasteiger partial charge on any atom is -0.492 e. The normalized spacial score (nSPS) is 14.0. The second-order valence-electron chi connectivity index (χ2n) is 5.30. The van der Waals surface area contributed by atoms with Gasteiger partial charge in [0.05, 0.1) is 6.10 Å². The number of primary amides is 1. The molecule has 6 heteroatoms. The molecular weight excluding hydrogens is 270 g/mol. The molecule has 0 radical (unpaired) electrons. The molecule has 0 fully saturated rings. The van der Waals surface area contributed by atoms with Gasteiger partial charge in [0.15, 0.2) is 0 Å². The SMILES string of the molecule is C[C@@H](O)[C@H](NCc1ccc(OCCN(C)C)cc1)C(N)=O. The average Bonchev–Trinajstić information content (AvgIpc) is 2.39. The molecule has 21 heavy (non-hydrogen) atoms. The van der Waals surface area contributed by atoms with E-state index in [2.05, 4.69) is 10.2 Å². The summed E-state index contributed by atoms with van der Waals surface area (Å²) in [7, 11) is 3.99. The topological polar surface area (TPSA) is 87.8 Å². The molecule has 118 valence electrons. The van der Waals surface area contributed by atoms with Gasteiger partial charge in [0.1, 0.15) is 18.4 Å². The average molecular weight is 295 g/mol. The molecule has 4 N–H and O–H groups in total. The van der Waals surface area contributed by atoms with E-state index in [0.717, 1.165) is 17.9 Å². The highest BCUT2D eigenvalue weighted by Crippen LogP contribution is 2.12. The predicted octanol–water partition coefficient (Wildman–Crippen LogP) is -0.0487. The summed E-state index contributed by atoms with van der Waals surface area (Å²) in [6, 6.07) is 6.85. The third-order valence-corrected chi connectivity index (χ3v) is 3.05. The first kappa shape index (κ1) is 17.4. The van der Waals surface area contributed by atoms with Gasteiger partial charge in [-0.25, -0.2) is 0 Å². The molecule has 0 aliphatic heterocycles. The number of nitrogens with zero attached hydrogens (tertiary/aromatic N) is 1. The second kappa shape index (κ2) is 8.61. The van der Waals surface area contributed by atoms with Crippen molar-refractivity contribution in [3.05, 3.63) is 29.8 Å². The van der Waals surface area contributed by atoms with Gasteiger partial charge < -0.3 is 20.5 Å². The lowest BCUT2D eigenvalue weighted by atomic mass is 10.1. The fourth-order valence-corrected chi connectivity index (χ4v) is 1.79. The van der Waals surface area contributed by atoms with E-state index >= 15 is 0 Å². The van der Waals surface area contributed by atoms with Crippen molar-refractivity contribution in [1.29, 1.82) is 0 Å². The lowest BCUT2D eigenvalue weighted by Crippen LogP contribution is -2.47. The van der Waals surface area contributed by atoms with Gasteiger partial charge >= 0.3 is 0 Å². The van der Waals surface area contributed by atoms with Gasteiger partial charge in [0, 0.05) is 13.1 Å². The summed E-state index contributed by atoms with van der Waals surface area (Å²) in [5.41, 5.74) is 6.21. The monoisotopic (exact) mass is 295 g/mol. The molecule has 0 unspecified atom stereocenters. The van der Waals surface area contributed by atoms with E-state index < -0.39 is 18.1 Å². The summed E-state index contributed by atoms with van der Waals surface area (Å²) in [5.74, 6) is 0.246. The van der Waals surface area contributed by atoms with E-state index in [-0.39, 0.29) is 0 Å². The Kier molecular flexibility index (Phi) is 7.14. The van der Waals surface area contributed by atoms with E-state index in [1.807, 2.05) is 38.4 Å². The van der Waals surface area contributed by atoms with Gasteiger partial charge in [0.25, 0.3) is 0 Å². The maximum absolute atomic E-state index is 11.2. The Morgan fingerprint density at radius 2 is 2.00 bits per heavy atom. The lowest BCUT2D eigenvalue weighted by Gasteiger charge is -2.18. The number of hydrogen-bond acceptors (Lipinski definition) is 5. The third kappa shape index (κ3) is 6.57. The maximum Gasteiger partial charge on any atom is 0.237 e. The zero-order valence-corrected chi connectivity index (χ0v) is 12.9. The maximum atomic E-state index is 11.2. The number of nitrogens with two attached hydrogens (primary N) is 1. The molecule has 1 aromatic rings. The summed E-state index contributed by atoms with van der Waals surface area (Å²) < 4.78 is 5.60. The molecule has 0 spiro atoms. The van der Waals surface area contributed by atoms with E-state index in [0.29, 0.717) is 13.2 Å². The van der Waals surface area contributed by atoms with Crippen molar-refractivity contribution in [2.75, 3.05) is 27.2 Å². The number of benzene rings is 1. The highest BCUT2D eigenvalue weighted by atomic mass is 16.5. The van der Waals surface area contributed by atoms with Gasteiger partial charge in [-0.05, 0) is 38.7 Å². The van der Waals surface area contributed by atoms with Crippen LogP contribution < -0.4 is 15.8 Å². The molecule has 6 nitrogen and oxygen atoms in total. The van der Waals surface area contributed by atoms with E-state index in [4.69, 9.17) is 10.5 Å². The van der Waals surface area contributed by atoms with Crippen LogP contribution >= 0.6 is 0 Å². The highest BCUT2D eigenvalue weighted by molar-refractivity contribution is 5.80. The minimum absolute atomic E-state index is 0.455. The molecule has 0 saturated heterocycles. The fraction of sp³-hybridized carbons (Fsp3) is 0.533. The fourth-order valence-electron chi connectivity index (χ4n) is 1.79. The van der Waals surface area contributed by atoms with Crippen molar-refractivity contribution in [2.45, 2.75) is 25.6 Å². The van der Waals surface area contributed by atoms with Crippen LogP contribution in [0.2, 0.25) is 0 Å². The zero-order valence-electron chi connectivity index (χ0n) is 12.9. The molecule has 0 saturated carbocycles. The van der Waals surface area contributed by atoms with Crippen LogP contribution in [0.15, 0.2) is 24.3 Å². The van der Waals surface area contributed by atoms with Crippen molar-refractivity contribution in [3.63, 3.8) is 0 Å². The molecule has 0 bridgehead atoms. The molecule has 0 heterocycles. The molecule has 0 aliphatic carbocycles. The number of amides is 1. The van der Waals surface area contributed by atoms with Crippen LogP contribution in [0.1, 0.15) is 12.5 Å². The van der Waals surface area contributed by atoms with Gasteiger partial charge in [-0.3, -0.25) is 10.1 Å². The van der Waals surface area contributed by atoms with E-state index in [1.165, 1.54) is 6.92 Å². The third-order valence-electron chi connectivity index (χ3n) is 3.05. The first-order valence-corrected chi connectivity index (χ1v) is 6.97. The number of likely N-dealkylation sites (N-methyl/N-ethyl adjacent to an activating group) is 1. The number of rotatable bonds is 9. The van der Waals surface area contributed by atoms with Crippen LogP contribution in [0.25, 0.3) is 0 Å². The van der Waals surface area contributed by atoms with Crippen LogP contribution in [0.3, 0.4) is 0 Å². The molecule has 1 rings (SSSR count). The molecule has 0 aromatic heterocycles. The number of carbonyl (C=O) groups is 1. The Balaban J connectivity index is 2.45. The van der Waals surface area contributed by atoms with Crippen molar-refractivity contribution in [1.82, 2.24) is 10.2 Å². The lowest BCUT2D eigenvalue weighted by molar-refractivity contribution is -0.122. The Bertz CT molecular complexity index is 432. The van der Waals surface area contributed by atoms with Gasteiger partial charge in [-0.1, -0.05) is 12.1 Å². The molecule has 1 aromatic carbocycles. The largest absolute Gasteiger partial charge is 0.492 e. The molecule has 1 amide bonds. The summed E-state index contributed by atoms with van der Waals surface area (Å²) in [4.78, 5) is 13.2. The highest BCUT2D eigenvalue weighted by Gasteiger charge is 2.19. The summed E-state index contributed by atoms with van der Waals surface area (Å²) in [6.07, 6.45) is -0.823. The quantitative estimate of drug-likeness (QED) is 0.594. The number of carbonyl (C=O) groups excluding carboxylic acids is 1. The molecule has 2 atom stereocenters. The van der Waals surface area contributed by atoms with E-state index in [1.54, 1.807) is 0 Å². The van der Waals surface area contributed by atoms with Crippen LogP contribution in [0.4, 0.5) is 0 Å². The predicted molar refractivity (Wildman–Crippen MR) is 82.0 cm³/mol. The zero-order chi connectivity index (χ0) is 15.8. The Labute approximate surface area is 125 Å². The van der Waals surface area contributed by atoms with Crippen molar-refractivity contribution in [3.8, 4) is 5.75 Å². The first-order chi connectivity index (χ1) is 9.90. The van der Waals surface area contributed by atoms with Crippen LogP contribution in [0, 0.1) is 0 Å². The Morgan fingerprint density at radius 1 is 1.38 bits per heavy atom. The number of hydrogen-bond donors (Lipinski definition) is 3. The number of aliphatic hydroxyl groups excluding tert-OH is 1. The number of nitrogens with one attached hydrogen (secondary N) is 1. The standard InChI is InChI=1S/C15H25N3O3/c1-11(19)14(15(16)20)17-10-12-4-6-13(7-5-12)21-9-8-18(2)3/h4-7,11,14,17,19H,8-10H2,1-3H3,(H2,16,20)/t11-,14+/m1/s1. The van der Waals surface area contributed by atoms with Crippen molar-refractivity contribution >= 4 is 5.91 Å². The van der Waals surface area contributed by atoms with Crippen LogP contribution in [-0.2, 0) is 11.3 Å². The van der Waals surface area contributed by atoms with Gasteiger partial charge in [-0.2, -0.15) is 0 Å². The second-order valence-corrected chi connectivity index (χ2v) is 5.30. The minimum atomic E-state index is -0.823. The number of aliphatic hydroxyl groups is 1. The Morgan fingerprint density at radius 3 is 2.48 bits per heavy atom. The summed E-state index contributed by atoms with van der Waals surface area (Å²) >= 11 is 0. The smallest absolute Gasteiger partial charge is 0.237 e. The molecular formula is C15H25N3O3. The van der Waals surface area contributed by atoms with E-state index in [9.17, 15) is 9.90 Å². The van der Waals surface area contributed by atoms with Gasteiger partial charge in [-0.15, -0.1) is 0 Å². The number of ether oxygens (including phenoxy) is 1. The van der Waals surface area contributed by atoms with Crippen molar-refractivity contribution < 1.29 is 14.6 Å². The Hall–Kier alpha value is -1.63. The van der Waals surface area contributed by atoms with Gasteiger partial charge in [0.2, 0.25) is 5.91 Å². The summed E-state index contributed by atoms with van der Waals surface area (Å²) in [5, 5.41) is 12.4. The first-order valence-electron chi connectivity index (χ1n) is 6.97. The van der Waals surface area contributed by atoms with Crippen LogP contribution in [-0.4, -0.2) is 55.3 Å². The van der Waals surface area contributed by atoms with Crippen molar-refractivity contribution in [2.24, 2.45) is 5.73 Å². The molecule has 0 aliphatic rings.